The van der Waals surface area contributed by atoms with Gasteiger partial charge in [-0.2, -0.15) is 0 Å². The summed E-state index contributed by atoms with van der Waals surface area (Å²) in [7, 11) is 0. The normalized spacial score (nSPS) is 18.4. The van der Waals surface area contributed by atoms with Gasteiger partial charge in [0.2, 0.25) is 11.8 Å². The first kappa shape index (κ1) is 17.0. The van der Waals surface area contributed by atoms with Crippen molar-refractivity contribution in [2.45, 2.75) is 52.4 Å². The minimum Gasteiger partial charge on any atom is -0.342 e. The van der Waals surface area contributed by atoms with E-state index in [9.17, 15) is 9.59 Å². The Morgan fingerprint density at radius 3 is 2.54 bits per heavy atom. The summed E-state index contributed by atoms with van der Waals surface area (Å²) < 4.78 is 0. The van der Waals surface area contributed by atoms with Crippen LogP contribution in [0.25, 0.3) is 0 Å². The number of benzene rings is 1. The predicted molar refractivity (Wildman–Crippen MR) is 95.9 cm³/mol. The number of rotatable bonds is 3. The first-order valence-electron chi connectivity index (χ1n) is 9.26. The van der Waals surface area contributed by atoms with E-state index < -0.39 is 0 Å². The Balaban J connectivity index is 1.60. The molecule has 0 saturated carbocycles. The summed E-state index contributed by atoms with van der Waals surface area (Å²) in [6.07, 6.45) is 6.16. The van der Waals surface area contributed by atoms with Crippen molar-refractivity contribution in [1.82, 2.24) is 4.90 Å². The molecule has 0 radical (unpaired) electrons. The molecule has 1 aromatic carbocycles. The van der Waals surface area contributed by atoms with Gasteiger partial charge in [-0.25, -0.2) is 0 Å². The van der Waals surface area contributed by atoms with Crippen LogP contribution >= 0.6 is 0 Å². The molecule has 2 amide bonds. The van der Waals surface area contributed by atoms with Crippen LogP contribution in [-0.4, -0.2) is 29.8 Å². The third-order valence-corrected chi connectivity index (χ3v) is 5.33. The standard InChI is InChI=1S/C20H28N2O2/c1-14(2)20(24)22-12-10-16(11-13-22)19(23)21-18-9-5-7-15-6-3-4-8-17(15)18/h5,7,9,14,16H,3-4,6,8,10-13H2,1-2H3,(H,21,23). The monoisotopic (exact) mass is 328 g/mol. The largest absolute Gasteiger partial charge is 0.342 e. The van der Waals surface area contributed by atoms with Crippen LogP contribution in [0.4, 0.5) is 5.69 Å². The molecule has 4 nitrogen and oxygen atoms in total. The fourth-order valence-corrected chi connectivity index (χ4v) is 3.86. The quantitative estimate of drug-likeness (QED) is 0.924. The zero-order valence-electron chi connectivity index (χ0n) is 14.8. The zero-order valence-corrected chi connectivity index (χ0v) is 14.8. The Labute approximate surface area is 144 Å². The molecule has 2 aliphatic rings. The van der Waals surface area contributed by atoms with E-state index in [0.717, 1.165) is 31.4 Å². The molecule has 1 aliphatic heterocycles. The lowest BCUT2D eigenvalue weighted by Crippen LogP contribution is -2.43. The highest BCUT2D eigenvalue weighted by Gasteiger charge is 2.28. The Morgan fingerprint density at radius 2 is 1.83 bits per heavy atom. The predicted octanol–water partition coefficient (Wildman–Crippen LogP) is 3.40. The number of hydrogen-bond donors (Lipinski definition) is 1. The van der Waals surface area contributed by atoms with Gasteiger partial charge >= 0.3 is 0 Å². The van der Waals surface area contributed by atoms with E-state index in [1.54, 1.807) is 0 Å². The minimum atomic E-state index is 0.0145. The molecule has 0 spiro atoms. The second kappa shape index (κ2) is 7.37. The summed E-state index contributed by atoms with van der Waals surface area (Å²) >= 11 is 0. The van der Waals surface area contributed by atoms with Gasteiger partial charge in [-0.1, -0.05) is 26.0 Å². The van der Waals surface area contributed by atoms with Gasteiger partial charge in [0.25, 0.3) is 0 Å². The summed E-state index contributed by atoms with van der Waals surface area (Å²) in [5.74, 6) is 0.364. The van der Waals surface area contributed by atoms with Gasteiger partial charge in [0.1, 0.15) is 0 Å². The van der Waals surface area contributed by atoms with Crippen molar-refractivity contribution in [3.8, 4) is 0 Å². The molecule has 0 atom stereocenters. The van der Waals surface area contributed by atoms with Crippen LogP contribution in [0, 0.1) is 11.8 Å². The first-order valence-corrected chi connectivity index (χ1v) is 9.26. The molecule has 0 bridgehead atoms. The number of hydrogen-bond acceptors (Lipinski definition) is 2. The number of likely N-dealkylation sites (tertiary alicyclic amines) is 1. The van der Waals surface area contributed by atoms with Gasteiger partial charge in [-0.15, -0.1) is 0 Å². The smallest absolute Gasteiger partial charge is 0.227 e. The van der Waals surface area contributed by atoms with Gasteiger partial charge in [0.15, 0.2) is 0 Å². The van der Waals surface area contributed by atoms with Gasteiger partial charge in [0, 0.05) is 30.6 Å². The summed E-state index contributed by atoms with van der Waals surface area (Å²) in [5, 5.41) is 3.16. The van der Waals surface area contributed by atoms with E-state index >= 15 is 0 Å². The molecule has 1 saturated heterocycles. The number of piperidine rings is 1. The van der Waals surface area contributed by atoms with Crippen molar-refractivity contribution in [2.24, 2.45) is 11.8 Å². The summed E-state index contributed by atoms with van der Waals surface area (Å²) in [4.78, 5) is 26.6. The maximum Gasteiger partial charge on any atom is 0.227 e. The van der Waals surface area contributed by atoms with Crippen molar-refractivity contribution in [2.75, 3.05) is 18.4 Å². The summed E-state index contributed by atoms with van der Waals surface area (Å²) in [6.45, 7) is 5.25. The van der Waals surface area contributed by atoms with Crippen LogP contribution in [-0.2, 0) is 22.4 Å². The third-order valence-electron chi connectivity index (χ3n) is 5.33. The molecule has 1 N–H and O–H groups in total. The lowest BCUT2D eigenvalue weighted by atomic mass is 9.90. The SMILES string of the molecule is CC(C)C(=O)N1CCC(C(=O)Nc2cccc3c2CCCC3)CC1. The third kappa shape index (κ3) is 3.63. The minimum absolute atomic E-state index is 0.0145. The van der Waals surface area contributed by atoms with E-state index in [4.69, 9.17) is 0 Å². The Bertz CT molecular complexity index is 616. The van der Waals surface area contributed by atoms with Gasteiger partial charge in [-0.05, 0) is 55.7 Å². The molecule has 3 rings (SSSR count). The first-order chi connectivity index (χ1) is 11.6. The maximum absolute atomic E-state index is 12.6. The van der Waals surface area contributed by atoms with Crippen LogP contribution in [0.2, 0.25) is 0 Å². The van der Waals surface area contributed by atoms with Crippen molar-refractivity contribution in [3.05, 3.63) is 29.3 Å². The Kier molecular flexibility index (Phi) is 5.22. The van der Waals surface area contributed by atoms with E-state index in [2.05, 4.69) is 11.4 Å². The van der Waals surface area contributed by atoms with Crippen LogP contribution in [0.3, 0.4) is 0 Å². The molecule has 130 valence electrons. The van der Waals surface area contributed by atoms with Gasteiger partial charge in [0.05, 0.1) is 0 Å². The molecule has 1 aromatic rings. The second-order valence-corrected chi connectivity index (χ2v) is 7.39. The summed E-state index contributed by atoms with van der Waals surface area (Å²) in [5.41, 5.74) is 3.71. The lowest BCUT2D eigenvalue weighted by molar-refractivity contribution is -0.137. The van der Waals surface area contributed by atoms with Crippen LogP contribution < -0.4 is 5.32 Å². The Hall–Kier alpha value is -1.84. The highest BCUT2D eigenvalue weighted by atomic mass is 16.2. The van der Waals surface area contributed by atoms with Crippen molar-refractivity contribution in [3.63, 3.8) is 0 Å². The number of anilines is 1. The average molecular weight is 328 g/mol. The lowest BCUT2D eigenvalue weighted by Gasteiger charge is -2.32. The molecule has 0 unspecified atom stereocenters. The van der Waals surface area contributed by atoms with Crippen LogP contribution in [0.5, 0.6) is 0 Å². The van der Waals surface area contributed by atoms with Crippen LogP contribution in [0.15, 0.2) is 18.2 Å². The average Bonchev–Trinajstić information content (AvgIpc) is 2.61. The van der Waals surface area contributed by atoms with E-state index in [1.165, 1.54) is 24.0 Å². The van der Waals surface area contributed by atoms with Gasteiger partial charge in [-0.3, -0.25) is 9.59 Å². The number of carbonyl (C=O) groups excluding carboxylic acids is 2. The second-order valence-electron chi connectivity index (χ2n) is 7.39. The molecule has 1 fully saturated rings. The number of aryl methyl sites for hydroxylation is 1. The van der Waals surface area contributed by atoms with E-state index in [0.29, 0.717) is 13.1 Å². The molecule has 1 heterocycles. The topological polar surface area (TPSA) is 49.4 Å². The molecule has 4 heteroatoms. The maximum atomic E-state index is 12.6. The zero-order chi connectivity index (χ0) is 17.1. The molecular formula is C20H28N2O2. The number of carbonyl (C=O) groups is 2. The van der Waals surface area contributed by atoms with Crippen molar-refractivity contribution < 1.29 is 9.59 Å². The summed E-state index contributed by atoms with van der Waals surface area (Å²) in [6, 6.07) is 6.25. The van der Waals surface area contributed by atoms with E-state index in [1.807, 2.05) is 30.9 Å². The number of nitrogens with zero attached hydrogens (tertiary/aromatic N) is 1. The number of nitrogens with one attached hydrogen (secondary N) is 1. The molecule has 24 heavy (non-hydrogen) atoms. The molecule has 1 aliphatic carbocycles. The van der Waals surface area contributed by atoms with E-state index in [-0.39, 0.29) is 23.7 Å². The number of amides is 2. The molecule has 0 aromatic heterocycles. The fourth-order valence-electron chi connectivity index (χ4n) is 3.86. The Morgan fingerprint density at radius 1 is 1.12 bits per heavy atom. The number of fused-ring (bicyclic) bond motifs is 1. The van der Waals surface area contributed by atoms with Crippen molar-refractivity contribution in [1.29, 1.82) is 0 Å². The highest BCUT2D eigenvalue weighted by Crippen LogP contribution is 2.29. The molecular weight excluding hydrogens is 300 g/mol. The highest BCUT2D eigenvalue weighted by molar-refractivity contribution is 5.93. The van der Waals surface area contributed by atoms with Crippen molar-refractivity contribution >= 4 is 17.5 Å². The van der Waals surface area contributed by atoms with Crippen LogP contribution in [0.1, 0.15) is 50.7 Å². The van der Waals surface area contributed by atoms with Gasteiger partial charge < -0.3 is 10.2 Å². The fraction of sp³-hybridized carbons (Fsp3) is 0.600.